The SMILES string of the molecule is Cc1nc2ccc(C(=O)N3CCN(c4nc5ccccc5c(=O)[nH]4)CC3)cc2o1. The second kappa shape index (κ2) is 6.73. The van der Waals surface area contributed by atoms with E-state index in [1.54, 1.807) is 36.1 Å². The average Bonchev–Trinajstić information content (AvgIpc) is 3.12. The van der Waals surface area contributed by atoms with Crippen molar-refractivity contribution in [1.82, 2.24) is 19.9 Å². The number of carbonyl (C=O) groups is 1. The molecule has 0 spiro atoms. The van der Waals surface area contributed by atoms with Gasteiger partial charge in [0.2, 0.25) is 5.95 Å². The highest BCUT2D eigenvalue weighted by atomic mass is 16.3. The van der Waals surface area contributed by atoms with Crippen LogP contribution < -0.4 is 10.5 Å². The van der Waals surface area contributed by atoms with Crippen LogP contribution >= 0.6 is 0 Å². The zero-order chi connectivity index (χ0) is 20.0. The molecule has 1 N–H and O–H groups in total. The number of hydrogen-bond acceptors (Lipinski definition) is 6. The van der Waals surface area contributed by atoms with Crippen LogP contribution in [0, 0.1) is 6.92 Å². The number of aryl methyl sites for hydroxylation is 1. The van der Waals surface area contributed by atoms with Gasteiger partial charge >= 0.3 is 0 Å². The van der Waals surface area contributed by atoms with Gasteiger partial charge in [-0.3, -0.25) is 14.6 Å². The van der Waals surface area contributed by atoms with E-state index in [2.05, 4.69) is 15.0 Å². The Morgan fingerprint density at radius 1 is 1.03 bits per heavy atom. The molecule has 3 heterocycles. The third-order valence-corrected chi connectivity index (χ3v) is 5.21. The number of aromatic amines is 1. The summed E-state index contributed by atoms with van der Waals surface area (Å²) in [5.41, 5.74) is 2.46. The molecule has 0 unspecified atom stereocenters. The van der Waals surface area contributed by atoms with Crippen molar-refractivity contribution >= 4 is 33.9 Å². The van der Waals surface area contributed by atoms with Gasteiger partial charge in [0.05, 0.1) is 10.9 Å². The van der Waals surface area contributed by atoms with Gasteiger partial charge in [-0.15, -0.1) is 0 Å². The molecule has 29 heavy (non-hydrogen) atoms. The maximum Gasteiger partial charge on any atom is 0.260 e. The predicted molar refractivity (Wildman–Crippen MR) is 109 cm³/mol. The number of para-hydroxylation sites is 1. The second-order valence-electron chi connectivity index (χ2n) is 7.10. The normalized spacial score (nSPS) is 14.7. The molecule has 2 aromatic heterocycles. The summed E-state index contributed by atoms with van der Waals surface area (Å²) in [5.74, 6) is 1.08. The van der Waals surface area contributed by atoms with E-state index in [1.165, 1.54) is 0 Å². The standard InChI is InChI=1S/C21H19N5O3/c1-13-22-17-7-6-14(12-18(17)29-13)20(28)25-8-10-26(11-9-25)21-23-16-5-3-2-4-15(16)19(27)24-21/h2-7,12H,8-11H2,1H3,(H,23,24,27). The first-order chi connectivity index (χ1) is 14.1. The van der Waals surface area contributed by atoms with Gasteiger partial charge in [0.25, 0.3) is 11.5 Å². The number of aromatic nitrogens is 3. The van der Waals surface area contributed by atoms with Crippen LogP contribution in [0.4, 0.5) is 5.95 Å². The lowest BCUT2D eigenvalue weighted by Gasteiger charge is -2.35. The molecular weight excluding hydrogens is 370 g/mol. The van der Waals surface area contributed by atoms with E-state index in [0.29, 0.717) is 60.1 Å². The lowest BCUT2D eigenvalue weighted by molar-refractivity contribution is 0.0746. The molecule has 8 nitrogen and oxygen atoms in total. The topological polar surface area (TPSA) is 95.3 Å². The van der Waals surface area contributed by atoms with Gasteiger partial charge in [0.1, 0.15) is 5.52 Å². The van der Waals surface area contributed by atoms with Crippen molar-refractivity contribution in [3.05, 3.63) is 64.3 Å². The second-order valence-corrected chi connectivity index (χ2v) is 7.10. The van der Waals surface area contributed by atoms with Crippen molar-refractivity contribution in [3.8, 4) is 0 Å². The van der Waals surface area contributed by atoms with Crippen LogP contribution in [0.3, 0.4) is 0 Å². The van der Waals surface area contributed by atoms with Gasteiger partial charge in [-0.1, -0.05) is 12.1 Å². The fraction of sp³-hybridized carbons (Fsp3) is 0.238. The minimum Gasteiger partial charge on any atom is -0.441 e. The highest BCUT2D eigenvalue weighted by Crippen LogP contribution is 2.19. The van der Waals surface area contributed by atoms with Gasteiger partial charge in [0.15, 0.2) is 11.5 Å². The molecule has 0 bridgehead atoms. The number of nitrogens with zero attached hydrogens (tertiary/aromatic N) is 4. The highest BCUT2D eigenvalue weighted by Gasteiger charge is 2.24. The van der Waals surface area contributed by atoms with Crippen molar-refractivity contribution in [2.24, 2.45) is 0 Å². The van der Waals surface area contributed by atoms with Crippen molar-refractivity contribution in [3.63, 3.8) is 0 Å². The van der Waals surface area contributed by atoms with Crippen LogP contribution in [0.25, 0.3) is 22.0 Å². The van der Waals surface area contributed by atoms with E-state index in [9.17, 15) is 9.59 Å². The molecule has 5 rings (SSSR count). The lowest BCUT2D eigenvalue weighted by atomic mass is 10.1. The van der Waals surface area contributed by atoms with Gasteiger partial charge in [-0.25, -0.2) is 9.97 Å². The molecule has 1 saturated heterocycles. The predicted octanol–water partition coefficient (Wildman–Crippen LogP) is 2.34. The third-order valence-electron chi connectivity index (χ3n) is 5.21. The van der Waals surface area contributed by atoms with Crippen molar-refractivity contribution < 1.29 is 9.21 Å². The quantitative estimate of drug-likeness (QED) is 0.565. The summed E-state index contributed by atoms with van der Waals surface area (Å²) in [7, 11) is 0. The molecule has 2 aromatic carbocycles. The fourth-order valence-corrected chi connectivity index (χ4v) is 3.70. The van der Waals surface area contributed by atoms with Gasteiger partial charge in [-0.2, -0.15) is 0 Å². The van der Waals surface area contributed by atoms with E-state index in [0.717, 1.165) is 5.52 Å². The Morgan fingerprint density at radius 2 is 1.83 bits per heavy atom. The van der Waals surface area contributed by atoms with Crippen molar-refractivity contribution in [1.29, 1.82) is 0 Å². The summed E-state index contributed by atoms with van der Waals surface area (Å²) in [6.45, 7) is 4.06. The maximum atomic E-state index is 12.9. The van der Waals surface area contributed by atoms with E-state index in [-0.39, 0.29) is 11.5 Å². The smallest absolute Gasteiger partial charge is 0.260 e. The van der Waals surface area contributed by atoms with Gasteiger partial charge in [-0.05, 0) is 30.3 Å². The molecule has 0 atom stereocenters. The fourth-order valence-electron chi connectivity index (χ4n) is 3.70. The molecule has 0 radical (unpaired) electrons. The van der Waals surface area contributed by atoms with Crippen LogP contribution in [-0.4, -0.2) is 51.9 Å². The van der Waals surface area contributed by atoms with Crippen molar-refractivity contribution in [2.45, 2.75) is 6.92 Å². The Kier molecular flexibility index (Phi) is 4.04. The summed E-state index contributed by atoms with van der Waals surface area (Å²) in [5, 5.41) is 0.572. The Morgan fingerprint density at radius 3 is 2.66 bits per heavy atom. The summed E-state index contributed by atoms with van der Waals surface area (Å²) in [6.07, 6.45) is 0. The number of nitrogens with one attached hydrogen (secondary N) is 1. The molecule has 1 amide bonds. The summed E-state index contributed by atoms with van der Waals surface area (Å²) >= 11 is 0. The lowest BCUT2D eigenvalue weighted by Crippen LogP contribution is -2.49. The Labute approximate surface area is 165 Å². The van der Waals surface area contributed by atoms with Crippen LogP contribution in [0.2, 0.25) is 0 Å². The number of hydrogen-bond donors (Lipinski definition) is 1. The summed E-state index contributed by atoms with van der Waals surface area (Å²) in [6, 6.07) is 12.6. The number of rotatable bonds is 2. The van der Waals surface area contributed by atoms with Crippen LogP contribution in [0.5, 0.6) is 0 Å². The minimum absolute atomic E-state index is 0.0411. The number of H-pyrrole nitrogens is 1. The zero-order valence-corrected chi connectivity index (χ0v) is 15.9. The molecule has 8 heteroatoms. The molecule has 1 fully saturated rings. The molecule has 146 valence electrons. The molecule has 0 saturated carbocycles. The van der Waals surface area contributed by atoms with Crippen molar-refractivity contribution in [2.75, 3.05) is 31.1 Å². The molecule has 1 aliphatic heterocycles. The Bertz CT molecular complexity index is 1280. The van der Waals surface area contributed by atoms with E-state index < -0.39 is 0 Å². The molecule has 0 aliphatic carbocycles. The zero-order valence-electron chi connectivity index (χ0n) is 15.9. The molecular formula is C21H19N5O3. The number of fused-ring (bicyclic) bond motifs is 2. The maximum absolute atomic E-state index is 12.9. The number of oxazole rings is 1. The van der Waals surface area contributed by atoms with E-state index >= 15 is 0 Å². The first kappa shape index (κ1) is 17.4. The molecule has 1 aliphatic rings. The van der Waals surface area contributed by atoms with Crippen LogP contribution in [-0.2, 0) is 0 Å². The number of carbonyl (C=O) groups excluding carboxylic acids is 1. The first-order valence-electron chi connectivity index (χ1n) is 9.49. The summed E-state index contributed by atoms with van der Waals surface area (Å²) in [4.78, 5) is 40.7. The van der Waals surface area contributed by atoms with E-state index in [4.69, 9.17) is 4.42 Å². The first-order valence-corrected chi connectivity index (χ1v) is 9.49. The van der Waals surface area contributed by atoms with Crippen LogP contribution in [0.15, 0.2) is 51.7 Å². The number of benzene rings is 2. The largest absolute Gasteiger partial charge is 0.441 e. The van der Waals surface area contributed by atoms with E-state index in [1.807, 2.05) is 23.1 Å². The Hall–Kier alpha value is -3.68. The Balaban J connectivity index is 1.33. The highest BCUT2D eigenvalue weighted by molar-refractivity contribution is 5.97. The number of amides is 1. The van der Waals surface area contributed by atoms with Gasteiger partial charge < -0.3 is 14.2 Å². The number of anilines is 1. The van der Waals surface area contributed by atoms with Gasteiger partial charge in [0, 0.05) is 38.7 Å². The average molecular weight is 389 g/mol. The minimum atomic E-state index is -0.153. The number of piperazine rings is 1. The summed E-state index contributed by atoms with van der Waals surface area (Å²) < 4.78 is 5.54. The monoisotopic (exact) mass is 389 g/mol. The molecule has 4 aromatic rings. The third kappa shape index (κ3) is 3.12. The van der Waals surface area contributed by atoms with Crippen LogP contribution in [0.1, 0.15) is 16.2 Å².